The lowest BCUT2D eigenvalue weighted by Gasteiger charge is -2.28. The predicted molar refractivity (Wildman–Crippen MR) is 213 cm³/mol. The number of aliphatic hydroxyl groups is 1. The van der Waals surface area contributed by atoms with E-state index in [-0.39, 0.29) is 30.6 Å². The zero-order valence-electron chi connectivity index (χ0n) is 34.1. The second-order valence-corrected chi connectivity index (χ2v) is 16.3. The smallest absolute Gasteiger partial charge is 0.246 e. The van der Waals surface area contributed by atoms with E-state index in [9.17, 15) is 38.7 Å². The monoisotopic (exact) mass is 799 g/mol. The zero-order chi connectivity index (χ0) is 41.7. The molecule has 0 unspecified atom stereocenters. The molecule has 0 bridgehead atoms. The van der Waals surface area contributed by atoms with Crippen LogP contribution in [0.15, 0.2) is 0 Å². The number of nitrogens with one attached hydrogen (secondary N) is 7. The fourth-order valence-electron chi connectivity index (χ4n) is 6.29. The predicted octanol–water partition coefficient (Wildman–Crippen LogP) is -0.540. The lowest BCUT2D eigenvalue weighted by atomic mass is 9.84. The second kappa shape index (κ2) is 26.4. The van der Waals surface area contributed by atoms with Gasteiger partial charge in [0, 0.05) is 6.92 Å². The van der Waals surface area contributed by atoms with Gasteiger partial charge in [-0.05, 0) is 90.4 Å². The molecule has 10 N–H and O–H groups in total. The van der Waals surface area contributed by atoms with Crippen molar-refractivity contribution in [1.82, 2.24) is 42.1 Å². The molecule has 18 heteroatoms. The Morgan fingerprint density at radius 3 is 1.67 bits per heavy atom. The Bertz CT molecular complexity index is 1250. The van der Waals surface area contributed by atoms with E-state index in [1.807, 2.05) is 39.1 Å². The van der Waals surface area contributed by atoms with Gasteiger partial charge in [0.15, 0.2) is 0 Å². The summed E-state index contributed by atoms with van der Waals surface area (Å²) in [5.41, 5.74) is 5.93. The lowest BCUT2D eigenvalue weighted by Crippen LogP contribution is -2.59. The van der Waals surface area contributed by atoms with Gasteiger partial charge in [0.1, 0.15) is 36.3 Å². The van der Waals surface area contributed by atoms with E-state index in [0.717, 1.165) is 32.1 Å². The first kappa shape index (κ1) is 49.5. The average Bonchev–Trinajstić information content (AvgIpc) is 3.10. The van der Waals surface area contributed by atoms with Crippen LogP contribution in [0.4, 0.5) is 0 Å². The number of hydrogen-bond acceptors (Lipinski definition) is 11. The third-order valence-electron chi connectivity index (χ3n) is 9.34. The van der Waals surface area contributed by atoms with Crippen molar-refractivity contribution in [1.29, 1.82) is 0 Å². The van der Waals surface area contributed by atoms with Gasteiger partial charge in [-0.3, -0.25) is 33.6 Å². The van der Waals surface area contributed by atoms with E-state index in [0.29, 0.717) is 31.6 Å². The van der Waals surface area contributed by atoms with E-state index in [4.69, 9.17) is 5.73 Å². The summed E-state index contributed by atoms with van der Waals surface area (Å²) in [6, 6.07) is -6.41. The van der Waals surface area contributed by atoms with Crippen LogP contribution in [-0.2, 0) is 33.6 Å². The van der Waals surface area contributed by atoms with Crippen LogP contribution in [0.3, 0.4) is 0 Å². The van der Waals surface area contributed by atoms with Crippen molar-refractivity contribution in [3.05, 3.63) is 0 Å². The van der Waals surface area contributed by atoms with Crippen molar-refractivity contribution in [2.45, 2.75) is 141 Å². The molecule has 17 nitrogen and oxygen atoms in total. The molecule has 0 spiro atoms. The standard InChI is InChI=1S/C37H69N9O8S/c1-22(2)19-31(38)45-37(54)30(21-47)44-33(50)24(4)40-35(52)28(16-18-55-8)42-32(49)23(3)39-34(51)27(15-12-17-46(6)7)43-36(53)29(41-25(5)48)20-26-13-10-9-11-14-26/h22-24,26-31,47H,9-21,38H2,1-8H3,(H,39,51)(H,40,52)(H,41,48)(H,42,49)(H,43,53)(H,44,50)(H,45,54)/t23-,24-,27-,28-,29-,30-,31-/m0/s1. The molecule has 0 saturated heterocycles. The first-order valence-electron chi connectivity index (χ1n) is 19.5. The van der Waals surface area contributed by atoms with Gasteiger partial charge in [-0.2, -0.15) is 11.8 Å². The Labute approximate surface area is 331 Å². The average molecular weight is 800 g/mol. The molecule has 316 valence electrons. The molecule has 1 aliphatic rings. The molecular weight excluding hydrogens is 731 g/mol. The van der Waals surface area contributed by atoms with Crippen LogP contribution < -0.4 is 43.0 Å². The number of rotatable bonds is 25. The summed E-state index contributed by atoms with van der Waals surface area (Å²) in [5, 5.41) is 28.2. The summed E-state index contributed by atoms with van der Waals surface area (Å²) in [5.74, 6) is -3.14. The molecule has 0 heterocycles. The van der Waals surface area contributed by atoms with Gasteiger partial charge in [-0.25, -0.2) is 0 Å². The molecule has 0 aliphatic heterocycles. The summed E-state index contributed by atoms with van der Waals surface area (Å²) in [6.45, 7) is 8.03. The van der Waals surface area contributed by atoms with Crippen molar-refractivity contribution < 1.29 is 38.7 Å². The molecule has 0 aromatic rings. The minimum absolute atomic E-state index is 0.206. The normalized spacial score (nSPS) is 17.1. The van der Waals surface area contributed by atoms with Crippen molar-refractivity contribution in [2.75, 3.05) is 39.3 Å². The Hall–Kier alpha value is -3.48. The van der Waals surface area contributed by atoms with Crippen LogP contribution in [0, 0.1) is 11.8 Å². The van der Waals surface area contributed by atoms with E-state index < -0.39 is 84.5 Å². The largest absolute Gasteiger partial charge is 0.394 e. The zero-order valence-corrected chi connectivity index (χ0v) is 34.9. The lowest BCUT2D eigenvalue weighted by molar-refractivity contribution is -0.135. The van der Waals surface area contributed by atoms with Crippen LogP contribution in [0.25, 0.3) is 0 Å². The van der Waals surface area contributed by atoms with Gasteiger partial charge >= 0.3 is 0 Å². The van der Waals surface area contributed by atoms with Crippen molar-refractivity contribution in [2.24, 2.45) is 17.6 Å². The van der Waals surface area contributed by atoms with Crippen molar-refractivity contribution in [3.8, 4) is 0 Å². The van der Waals surface area contributed by atoms with Crippen LogP contribution in [0.1, 0.15) is 98.8 Å². The van der Waals surface area contributed by atoms with Crippen molar-refractivity contribution in [3.63, 3.8) is 0 Å². The number of nitrogens with zero attached hydrogens (tertiary/aromatic N) is 1. The van der Waals surface area contributed by atoms with E-state index in [1.165, 1.54) is 32.5 Å². The first-order valence-corrected chi connectivity index (χ1v) is 20.9. The molecule has 0 aromatic carbocycles. The third-order valence-corrected chi connectivity index (χ3v) is 9.98. The van der Waals surface area contributed by atoms with Crippen LogP contribution in [0.2, 0.25) is 0 Å². The van der Waals surface area contributed by atoms with E-state index in [2.05, 4.69) is 37.2 Å². The Morgan fingerprint density at radius 2 is 1.18 bits per heavy atom. The highest BCUT2D eigenvalue weighted by molar-refractivity contribution is 7.98. The molecule has 1 aliphatic carbocycles. The minimum atomic E-state index is -1.30. The molecule has 1 saturated carbocycles. The summed E-state index contributed by atoms with van der Waals surface area (Å²) >= 11 is 1.44. The van der Waals surface area contributed by atoms with Crippen LogP contribution in [-0.4, -0.2) is 133 Å². The summed E-state index contributed by atoms with van der Waals surface area (Å²) < 4.78 is 0. The Morgan fingerprint density at radius 1 is 0.691 bits per heavy atom. The number of thioether (sulfide) groups is 1. The van der Waals surface area contributed by atoms with Crippen LogP contribution in [0.5, 0.6) is 0 Å². The van der Waals surface area contributed by atoms with E-state index in [1.54, 1.807) is 0 Å². The highest BCUT2D eigenvalue weighted by Crippen LogP contribution is 2.27. The fraction of sp³-hybridized carbons (Fsp3) is 0.811. The van der Waals surface area contributed by atoms with Gasteiger partial charge < -0.3 is 53.0 Å². The maximum absolute atomic E-state index is 13.6. The third kappa shape index (κ3) is 20.3. The summed E-state index contributed by atoms with van der Waals surface area (Å²) in [7, 11) is 3.79. The quantitative estimate of drug-likeness (QED) is 0.0531. The van der Waals surface area contributed by atoms with Gasteiger partial charge in [-0.15, -0.1) is 0 Å². The number of nitrogens with two attached hydrogens (primary N) is 1. The highest BCUT2D eigenvalue weighted by atomic mass is 32.2. The van der Waals surface area contributed by atoms with E-state index >= 15 is 0 Å². The summed E-state index contributed by atoms with van der Waals surface area (Å²) in [6.07, 6.45) is 8.42. The number of aliphatic hydroxyl groups excluding tert-OH is 1. The number of amides is 7. The maximum Gasteiger partial charge on any atom is 0.246 e. The molecule has 1 fully saturated rings. The first-order chi connectivity index (χ1) is 25.9. The number of hydrogen-bond donors (Lipinski definition) is 9. The molecule has 7 atom stereocenters. The van der Waals surface area contributed by atoms with Crippen molar-refractivity contribution >= 4 is 53.1 Å². The summed E-state index contributed by atoms with van der Waals surface area (Å²) in [4.78, 5) is 93.3. The molecular formula is C37H69N9O8S. The molecule has 1 rings (SSSR count). The number of carbonyl (C=O) groups is 7. The van der Waals surface area contributed by atoms with Gasteiger partial charge in [0.2, 0.25) is 41.4 Å². The van der Waals surface area contributed by atoms with Crippen LogP contribution >= 0.6 is 11.8 Å². The SMILES string of the molecule is CSCC[C@H](NC(=O)[C@H](C)NC(=O)[C@H](CCCN(C)C)NC(=O)[C@H](CC1CCCCC1)NC(C)=O)C(=O)N[C@@H](C)C(=O)N[C@@H](CO)C(=O)N[C@H](N)CC(C)C. The maximum atomic E-state index is 13.6. The number of carbonyl (C=O) groups excluding carboxylic acids is 7. The van der Waals surface area contributed by atoms with Gasteiger partial charge in [0.25, 0.3) is 0 Å². The van der Waals surface area contributed by atoms with Gasteiger partial charge in [-0.1, -0.05) is 46.0 Å². The topological polar surface area (TPSA) is 253 Å². The fourth-order valence-corrected chi connectivity index (χ4v) is 6.76. The molecule has 55 heavy (non-hydrogen) atoms. The van der Waals surface area contributed by atoms with Gasteiger partial charge in [0.05, 0.1) is 12.8 Å². The highest BCUT2D eigenvalue weighted by Gasteiger charge is 2.32. The molecule has 7 amide bonds. The molecule has 0 aromatic heterocycles. The second-order valence-electron chi connectivity index (χ2n) is 15.3. The minimum Gasteiger partial charge on any atom is -0.394 e. The Kier molecular flexibility index (Phi) is 23.8. The Balaban J connectivity index is 2.97. The molecule has 0 radical (unpaired) electrons.